The van der Waals surface area contributed by atoms with E-state index in [1.165, 1.54) is 0 Å². The van der Waals surface area contributed by atoms with Crippen LogP contribution in [0.15, 0.2) is 84.9 Å². The minimum atomic E-state index is -1.84. The molecule has 0 fully saturated rings. The van der Waals surface area contributed by atoms with Crippen LogP contribution in [0, 0.1) is 0 Å². The lowest BCUT2D eigenvalue weighted by atomic mass is 9.73. The minimum absolute atomic E-state index is 0.0632. The molecule has 0 spiro atoms. The van der Waals surface area contributed by atoms with Gasteiger partial charge in [-0.15, -0.1) is 0 Å². The average Bonchev–Trinajstić information content (AvgIpc) is 2.69. The van der Waals surface area contributed by atoms with Gasteiger partial charge in [0.15, 0.2) is 5.60 Å². The second-order valence-corrected chi connectivity index (χ2v) is 8.00. The molecular formula is C25H26O3. The molecule has 3 nitrogen and oxygen atoms in total. The Kier molecular flexibility index (Phi) is 5.66. The Balaban J connectivity index is 1.81. The Morgan fingerprint density at radius 1 is 0.786 bits per heavy atom. The quantitative estimate of drug-likeness (QED) is 0.606. The van der Waals surface area contributed by atoms with E-state index in [0.29, 0.717) is 0 Å². The van der Waals surface area contributed by atoms with E-state index in [-0.39, 0.29) is 12.8 Å². The summed E-state index contributed by atoms with van der Waals surface area (Å²) < 4.78 is 0. The van der Waals surface area contributed by atoms with Crippen LogP contribution in [-0.4, -0.2) is 21.8 Å². The number of carbonyl (C=O) groups is 1. The molecule has 0 saturated carbocycles. The molecule has 3 heteroatoms. The first-order valence-electron chi connectivity index (χ1n) is 9.46. The van der Waals surface area contributed by atoms with Crippen LogP contribution in [0.25, 0.3) is 11.1 Å². The molecule has 0 amide bonds. The third-order valence-corrected chi connectivity index (χ3v) is 5.25. The number of benzene rings is 3. The molecule has 3 rings (SSSR count). The Labute approximate surface area is 166 Å². The van der Waals surface area contributed by atoms with Crippen molar-refractivity contribution < 1.29 is 15.0 Å². The van der Waals surface area contributed by atoms with Crippen LogP contribution in [0.1, 0.15) is 31.4 Å². The highest BCUT2D eigenvalue weighted by atomic mass is 16.4. The molecule has 0 aromatic heterocycles. The molecule has 0 bridgehead atoms. The maximum atomic E-state index is 12.0. The van der Waals surface area contributed by atoms with Crippen LogP contribution in [0.3, 0.4) is 0 Å². The monoisotopic (exact) mass is 374 g/mol. The fourth-order valence-corrected chi connectivity index (χ4v) is 3.72. The number of carboxylic acid groups (broad SMARTS) is 1. The van der Waals surface area contributed by atoms with Crippen molar-refractivity contribution in [1.82, 2.24) is 0 Å². The largest absolute Gasteiger partial charge is 0.479 e. The molecule has 1 atom stereocenters. The molecule has 3 aromatic carbocycles. The highest BCUT2D eigenvalue weighted by Crippen LogP contribution is 2.34. The average molecular weight is 374 g/mol. The van der Waals surface area contributed by atoms with E-state index in [9.17, 15) is 15.0 Å². The Morgan fingerprint density at radius 3 is 1.82 bits per heavy atom. The van der Waals surface area contributed by atoms with Crippen molar-refractivity contribution >= 4 is 5.97 Å². The van der Waals surface area contributed by atoms with E-state index in [4.69, 9.17) is 0 Å². The first-order chi connectivity index (χ1) is 13.3. The van der Waals surface area contributed by atoms with Crippen LogP contribution < -0.4 is 0 Å². The second kappa shape index (κ2) is 7.99. The molecule has 0 aliphatic rings. The Bertz CT molecular complexity index is 915. The molecule has 0 heterocycles. The van der Waals surface area contributed by atoms with Gasteiger partial charge in [0, 0.05) is 6.42 Å². The molecule has 0 saturated heterocycles. The van der Waals surface area contributed by atoms with E-state index < -0.39 is 17.0 Å². The van der Waals surface area contributed by atoms with E-state index in [1.807, 2.05) is 98.8 Å². The zero-order chi connectivity index (χ0) is 20.2. The van der Waals surface area contributed by atoms with Gasteiger partial charge in [-0.2, -0.15) is 0 Å². The predicted octanol–water partition coefficient (Wildman–Crippen LogP) is 5.08. The summed E-state index contributed by atoms with van der Waals surface area (Å²) in [5.74, 6) is -1.19. The van der Waals surface area contributed by atoms with Crippen LogP contribution in [-0.2, 0) is 16.6 Å². The third kappa shape index (κ3) is 4.49. The molecule has 1 unspecified atom stereocenters. The van der Waals surface area contributed by atoms with Crippen molar-refractivity contribution in [3.63, 3.8) is 0 Å². The van der Waals surface area contributed by atoms with Crippen molar-refractivity contribution in [3.05, 3.63) is 96.1 Å². The zero-order valence-corrected chi connectivity index (χ0v) is 16.3. The van der Waals surface area contributed by atoms with Gasteiger partial charge in [-0.25, -0.2) is 4.79 Å². The molecule has 0 aliphatic heterocycles. The van der Waals surface area contributed by atoms with Gasteiger partial charge in [0.2, 0.25) is 0 Å². The maximum absolute atomic E-state index is 12.0. The fourth-order valence-electron chi connectivity index (χ4n) is 3.72. The molecule has 144 valence electrons. The number of hydrogen-bond donors (Lipinski definition) is 2. The van der Waals surface area contributed by atoms with E-state index in [0.717, 1.165) is 22.3 Å². The van der Waals surface area contributed by atoms with E-state index in [1.54, 1.807) is 0 Å². The minimum Gasteiger partial charge on any atom is -0.479 e. The molecule has 3 aromatic rings. The number of aliphatic hydroxyl groups is 1. The highest BCUT2D eigenvalue weighted by Gasteiger charge is 2.42. The van der Waals surface area contributed by atoms with Gasteiger partial charge in [-0.05, 0) is 34.1 Å². The van der Waals surface area contributed by atoms with Gasteiger partial charge in [-0.3, -0.25) is 0 Å². The molecular weight excluding hydrogens is 348 g/mol. The van der Waals surface area contributed by atoms with Crippen molar-refractivity contribution in [2.24, 2.45) is 0 Å². The van der Waals surface area contributed by atoms with Gasteiger partial charge >= 0.3 is 5.97 Å². The fraction of sp³-hybridized carbons (Fsp3) is 0.240. The number of rotatable bonds is 7. The normalized spacial score (nSPS) is 13.7. The maximum Gasteiger partial charge on any atom is 0.336 e. The summed E-state index contributed by atoms with van der Waals surface area (Å²) in [6, 6.07) is 27.5. The summed E-state index contributed by atoms with van der Waals surface area (Å²) in [7, 11) is 0. The van der Waals surface area contributed by atoms with E-state index in [2.05, 4.69) is 0 Å². The summed E-state index contributed by atoms with van der Waals surface area (Å²) in [6.45, 7) is 3.93. The summed E-state index contributed by atoms with van der Waals surface area (Å²) in [5.41, 5.74) is 1.66. The summed E-state index contributed by atoms with van der Waals surface area (Å²) in [6.07, 6.45) is 0.188. The van der Waals surface area contributed by atoms with Gasteiger partial charge in [0.05, 0.1) is 0 Å². The standard InChI is InChI=1S/C25H26O3/c1-24(2,22-11-7-4-8-12-22)18-25(28,23(26)27)17-19-13-15-21(16-14-19)20-9-5-3-6-10-20/h3-16,28H,17-18H2,1-2H3,(H,26,27). The number of hydrogen-bond acceptors (Lipinski definition) is 2. The molecule has 2 N–H and O–H groups in total. The predicted molar refractivity (Wildman–Crippen MR) is 112 cm³/mol. The highest BCUT2D eigenvalue weighted by molar-refractivity contribution is 5.78. The summed E-state index contributed by atoms with van der Waals surface area (Å²) in [5, 5.41) is 20.8. The molecule has 28 heavy (non-hydrogen) atoms. The van der Waals surface area contributed by atoms with Gasteiger partial charge in [0.1, 0.15) is 0 Å². The second-order valence-electron chi connectivity index (χ2n) is 8.00. The zero-order valence-electron chi connectivity index (χ0n) is 16.3. The van der Waals surface area contributed by atoms with Gasteiger partial charge < -0.3 is 10.2 Å². The summed E-state index contributed by atoms with van der Waals surface area (Å²) in [4.78, 5) is 12.0. The summed E-state index contributed by atoms with van der Waals surface area (Å²) >= 11 is 0. The SMILES string of the molecule is CC(C)(CC(O)(Cc1ccc(-c2ccccc2)cc1)C(=O)O)c1ccccc1. The number of carboxylic acids is 1. The van der Waals surface area contributed by atoms with Crippen molar-refractivity contribution in [2.45, 2.75) is 37.7 Å². The topological polar surface area (TPSA) is 57.5 Å². The van der Waals surface area contributed by atoms with Crippen LogP contribution in [0.2, 0.25) is 0 Å². The molecule has 0 radical (unpaired) electrons. The third-order valence-electron chi connectivity index (χ3n) is 5.25. The lowest BCUT2D eigenvalue weighted by Gasteiger charge is -2.34. The van der Waals surface area contributed by atoms with Crippen molar-refractivity contribution in [2.75, 3.05) is 0 Å². The van der Waals surface area contributed by atoms with Gasteiger partial charge in [0.25, 0.3) is 0 Å². The van der Waals surface area contributed by atoms with E-state index >= 15 is 0 Å². The first-order valence-corrected chi connectivity index (χ1v) is 9.46. The van der Waals surface area contributed by atoms with Crippen LogP contribution in [0.4, 0.5) is 0 Å². The van der Waals surface area contributed by atoms with Crippen molar-refractivity contribution in [3.8, 4) is 11.1 Å². The number of aliphatic carboxylic acids is 1. The lowest BCUT2D eigenvalue weighted by Crippen LogP contribution is -2.45. The molecule has 0 aliphatic carbocycles. The Hall–Kier alpha value is -2.91. The first kappa shape index (κ1) is 19.8. The van der Waals surface area contributed by atoms with Crippen molar-refractivity contribution in [1.29, 1.82) is 0 Å². The lowest BCUT2D eigenvalue weighted by molar-refractivity contribution is -0.160. The smallest absolute Gasteiger partial charge is 0.336 e. The van der Waals surface area contributed by atoms with Crippen LogP contribution >= 0.6 is 0 Å². The Morgan fingerprint density at radius 2 is 1.29 bits per heavy atom. The van der Waals surface area contributed by atoms with Gasteiger partial charge in [-0.1, -0.05) is 98.8 Å². The van der Waals surface area contributed by atoms with Crippen LogP contribution in [0.5, 0.6) is 0 Å².